The van der Waals surface area contributed by atoms with E-state index in [9.17, 15) is 0 Å². The summed E-state index contributed by atoms with van der Waals surface area (Å²) in [6.45, 7) is 0. The zero-order chi connectivity index (χ0) is 8.84. The molecule has 62 valence electrons. The number of benzene rings is 2. The van der Waals surface area contributed by atoms with Crippen LogP contribution in [0.4, 0.5) is 0 Å². The summed E-state index contributed by atoms with van der Waals surface area (Å²) < 4.78 is 0. The lowest BCUT2D eigenvalue weighted by Gasteiger charge is -2.00. The molecular weight excluding hydrogens is 176 g/mol. The van der Waals surface area contributed by atoms with Crippen molar-refractivity contribution < 1.29 is 0 Å². The lowest BCUT2D eigenvalue weighted by molar-refractivity contribution is 1.72. The molecule has 0 heterocycles. The number of thiol groups is 1. The predicted octanol–water partition coefficient (Wildman–Crippen LogP) is 3.58. The van der Waals surface area contributed by atoms with Crippen LogP contribution in [0.5, 0.6) is 0 Å². The van der Waals surface area contributed by atoms with E-state index in [2.05, 4.69) is 55.1 Å². The molecule has 1 aliphatic rings. The van der Waals surface area contributed by atoms with Crippen molar-refractivity contribution in [2.45, 2.75) is 0 Å². The van der Waals surface area contributed by atoms with Gasteiger partial charge in [-0.1, -0.05) is 36.4 Å². The van der Waals surface area contributed by atoms with Gasteiger partial charge in [-0.05, 0) is 28.0 Å². The third-order valence-corrected chi connectivity index (χ3v) is 2.88. The molecule has 1 heteroatoms. The van der Waals surface area contributed by atoms with Crippen molar-refractivity contribution in [2.75, 3.05) is 0 Å². The maximum absolute atomic E-state index is 4.45. The Hall–Kier alpha value is -1.21. The average molecular weight is 184 g/mol. The number of rotatable bonds is 0. The van der Waals surface area contributed by atoms with Gasteiger partial charge in [-0.15, -0.1) is 12.6 Å². The maximum Gasteiger partial charge on any atom is 0.0125 e. The smallest absolute Gasteiger partial charge is 0.0125 e. The summed E-state index contributed by atoms with van der Waals surface area (Å²) >= 11 is 4.45. The Kier molecular flexibility index (Phi) is 1.33. The first kappa shape index (κ1) is 7.22. The molecule has 2 aromatic carbocycles. The van der Waals surface area contributed by atoms with Crippen LogP contribution in [0.3, 0.4) is 0 Å². The summed E-state index contributed by atoms with van der Waals surface area (Å²) in [7, 11) is 0. The Morgan fingerprint density at radius 2 is 1.69 bits per heavy atom. The van der Waals surface area contributed by atoms with Gasteiger partial charge in [-0.25, -0.2) is 0 Å². The van der Waals surface area contributed by atoms with Crippen LogP contribution in [0.25, 0.3) is 21.8 Å². The van der Waals surface area contributed by atoms with Gasteiger partial charge in [0, 0.05) is 4.91 Å². The fourth-order valence-corrected chi connectivity index (χ4v) is 2.25. The molecule has 0 nitrogen and oxygen atoms in total. The second kappa shape index (κ2) is 2.39. The molecule has 0 fully saturated rings. The highest BCUT2D eigenvalue weighted by Gasteiger charge is 2.12. The monoisotopic (exact) mass is 184 g/mol. The van der Waals surface area contributed by atoms with E-state index in [1.807, 2.05) is 0 Å². The van der Waals surface area contributed by atoms with E-state index in [-0.39, 0.29) is 0 Å². The van der Waals surface area contributed by atoms with Crippen molar-refractivity contribution in [3.63, 3.8) is 0 Å². The van der Waals surface area contributed by atoms with Crippen molar-refractivity contribution in [3.05, 3.63) is 47.5 Å². The Morgan fingerprint density at radius 1 is 0.923 bits per heavy atom. The van der Waals surface area contributed by atoms with Crippen LogP contribution < -0.4 is 0 Å². The second-order valence-electron chi connectivity index (χ2n) is 3.28. The topological polar surface area (TPSA) is 0 Å². The van der Waals surface area contributed by atoms with Crippen molar-refractivity contribution in [2.24, 2.45) is 0 Å². The zero-order valence-corrected chi connectivity index (χ0v) is 7.88. The standard InChI is InChI=1S/C12H8S/c13-11-7-9-5-1-3-8-4-2-6-10(11)12(8)9/h1-7,13H. The highest BCUT2D eigenvalue weighted by atomic mass is 32.1. The van der Waals surface area contributed by atoms with Crippen LogP contribution in [0.2, 0.25) is 0 Å². The van der Waals surface area contributed by atoms with E-state index in [1.54, 1.807) is 0 Å². The van der Waals surface area contributed by atoms with E-state index >= 15 is 0 Å². The molecule has 0 atom stereocenters. The van der Waals surface area contributed by atoms with Crippen LogP contribution in [0, 0.1) is 0 Å². The second-order valence-corrected chi connectivity index (χ2v) is 3.76. The van der Waals surface area contributed by atoms with Crippen molar-refractivity contribution in [1.82, 2.24) is 0 Å². The first-order chi connectivity index (χ1) is 6.36. The van der Waals surface area contributed by atoms with Gasteiger partial charge in [0.15, 0.2) is 0 Å². The van der Waals surface area contributed by atoms with Gasteiger partial charge in [0.2, 0.25) is 0 Å². The molecule has 0 aromatic heterocycles. The van der Waals surface area contributed by atoms with Gasteiger partial charge in [0.1, 0.15) is 0 Å². The summed E-state index contributed by atoms with van der Waals surface area (Å²) in [6.07, 6.45) is 2.13. The van der Waals surface area contributed by atoms with E-state index in [0.29, 0.717) is 0 Å². The van der Waals surface area contributed by atoms with E-state index in [4.69, 9.17) is 0 Å². The van der Waals surface area contributed by atoms with Gasteiger partial charge >= 0.3 is 0 Å². The molecule has 0 aliphatic heterocycles. The Morgan fingerprint density at radius 3 is 2.54 bits per heavy atom. The SMILES string of the molecule is SC1=Cc2cccc3cccc1c23. The fourth-order valence-electron chi connectivity index (χ4n) is 1.93. The Labute approximate surface area is 82.3 Å². The summed E-state index contributed by atoms with van der Waals surface area (Å²) in [5, 5.41) is 2.64. The first-order valence-corrected chi connectivity index (χ1v) is 4.74. The van der Waals surface area contributed by atoms with Gasteiger partial charge in [0.25, 0.3) is 0 Å². The number of hydrogen-bond acceptors (Lipinski definition) is 1. The van der Waals surface area contributed by atoms with Gasteiger partial charge in [-0.3, -0.25) is 0 Å². The molecule has 2 aromatic rings. The molecule has 0 N–H and O–H groups in total. The third kappa shape index (κ3) is 0.879. The molecule has 0 radical (unpaired) electrons. The minimum atomic E-state index is 1.08. The van der Waals surface area contributed by atoms with Crippen LogP contribution in [0.15, 0.2) is 36.4 Å². The summed E-state index contributed by atoms with van der Waals surface area (Å²) in [6, 6.07) is 12.7. The maximum atomic E-state index is 4.45. The normalized spacial score (nSPS) is 13.5. The molecule has 0 bridgehead atoms. The van der Waals surface area contributed by atoms with E-state index in [0.717, 1.165) is 4.91 Å². The lowest BCUT2D eigenvalue weighted by atomic mass is 10.0. The quantitative estimate of drug-likeness (QED) is 0.594. The minimum absolute atomic E-state index is 1.08. The highest BCUT2D eigenvalue weighted by molar-refractivity contribution is 7.90. The van der Waals surface area contributed by atoms with Gasteiger partial charge in [-0.2, -0.15) is 0 Å². The molecule has 0 amide bonds. The molecule has 3 rings (SSSR count). The molecular formula is C12H8S. The molecule has 0 saturated carbocycles. The minimum Gasteiger partial charge on any atom is -0.143 e. The summed E-state index contributed by atoms with van der Waals surface area (Å²) in [5.74, 6) is 0. The van der Waals surface area contributed by atoms with Crippen LogP contribution in [-0.2, 0) is 0 Å². The van der Waals surface area contributed by atoms with E-state index < -0.39 is 0 Å². The van der Waals surface area contributed by atoms with Crippen LogP contribution >= 0.6 is 12.6 Å². The van der Waals surface area contributed by atoms with E-state index in [1.165, 1.54) is 21.9 Å². The predicted molar refractivity (Wildman–Crippen MR) is 60.8 cm³/mol. The van der Waals surface area contributed by atoms with Crippen molar-refractivity contribution in [1.29, 1.82) is 0 Å². The van der Waals surface area contributed by atoms with Crippen LogP contribution in [-0.4, -0.2) is 0 Å². The largest absolute Gasteiger partial charge is 0.143 e. The van der Waals surface area contributed by atoms with Gasteiger partial charge in [0.05, 0.1) is 0 Å². The molecule has 0 unspecified atom stereocenters. The Bertz CT molecular complexity index is 518. The Balaban J connectivity index is 2.59. The number of hydrogen-bond donors (Lipinski definition) is 1. The summed E-state index contributed by atoms with van der Waals surface area (Å²) in [5.41, 5.74) is 2.55. The van der Waals surface area contributed by atoms with Crippen molar-refractivity contribution in [3.8, 4) is 0 Å². The molecule has 13 heavy (non-hydrogen) atoms. The first-order valence-electron chi connectivity index (χ1n) is 4.29. The molecule has 0 spiro atoms. The highest BCUT2D eigenvalue weighted by Crippen LogP contribution is 2.37. The van der Waals surface area contributed by atoms with Gasteiger partial charge < -0.3 is 0 Å². The molecule has 1 aliphatic carbocycles. The van der Waals surface area contributed by atoms with Crippen molar-refractivity contribution >= 4 is 34.4 Å². The zero-order valence-electron chi connectivity index (χ0n) is 6.99. The third-order valence-electron chi connectivity index (χ3n) is 2.51. The average Bonchev–Trinajstić information content (AvgIpc) is 2.47. The lowest BCUT2D eigenvalue weighted by Crippen LogP contribution is -1.77. The summed E-state index contributed by atoms with van der Waals surface area (Å²) in [4.78, 5) is 1.08. The fraction of sp³-hybridized carbons (Fsp3) is 0. The molecule has 0 saturated heterocycles. The van der Waals surface area contributed by atoms with Crippen LogP contribution in [0.1, 0.15) is 11.1 Å².